The lowest BCUT2D eigenvalue weighted by Gasteiger charge is -2.07. The monoisotopic (exact) mass is 322 g/mol. The Morgan fingerprint density at radius 3 is 2.79 bits per heavy atom. The summed E-state index contributed by atoms with van der Waals surface area (Å²) in [5, 5.41) is 0.712. The highest BCUT2D eigenvalue weighted by molar-refractivity contribution is 5.87. The van der Waals surface area contributed by atoms with Gasteiger partial charge in [-0.3, -0.25) is 4.79 Å². The molecule has 5 nitrogen and oxygen atoms in total. The zero-order chi connectivity index (χ0) is 16.7. The molecule has 0 fully saturated rings. The van der Waals surface area contributed by atoms with E-state index in [2.05, 4.69) is 0 Å². The first-order valence-corrected chi connectivity index (χ1v) is 7.61. The van der Waals surface area contributed by atoms with Crippen LogP contribution in [0.25, 0.3) is 17.0 Å². The predicted octanol–water partition coefficient (Wildman–Crippen LogP) is 3.88. The van der Waals surface area contributed by atoms with Crippen molar-refractivity contribution in [1.29, 1.82) is 0 Å². The largest absolute Gasteiger partial charge is 0.465 e. The van der Waals surface area contributed by atoms with E-state index >= 15 is 0 Å². The molecule has 2 aromatic heterocycles. The van der Waals surface area contributed by atoms with Crippen LogP contribution in [0.4, 0.5) is 0 Å². The quantitative estimate of drug-likeness (QED) is 0.684. The van der Waals surface area contributed by atoms with Crippen LogP contribution in [-0.2, 0) is 4.79 Å². The summed E-state index contributed by atoms with van der Waals surface area (Å²) in [6, 6.07) is 10.7. The number of ketones is 1. The number of ether oxygens (including phenoxy) is 1. The van der Waals surface area contributed by atoms with Gasteiger partial charge in [0.1, 0.15) is 28.6 Å². The fraction of sp³-hybridized carbons (Fsp3) is 0.158. The molecule has 0 amide bonds. The van der Waals surface area contributed by atoms with Crippen molar-refractivity contribution in [3.63, 3.8) is 0 Å². The van der Waals surface area contributed by atoms with Gasteiger partial charge in [0.2, 0.25) is 0 Å². The number of Topliss-reactive ketones (excluding diaryl/α,β-unsaturated/α-hetero) is 1. The van der Waals surface area contributed by atoms with Crippen molar-refractivity contribution in [3.8, 4) is 5.75 Å². The second-order valence-corrected chi connectivity index (χ2v) is 5.75. The molecule has 3 heterocycles. The average molecular weight is 322 g/mol. The van der Waals surface area contributed by atoms with Crippen LogP contribution in [-0.4, -0.2) is 5.78 Å². The first-order valence-electron chi connectivity index (χ1n) is 7.61. The fourth-order valence-electron chi connectivity index (χ4n) is 3.01. The van der Waals surface area contributed by atoms with Gasteiger partial charge in [-0.1, -0.05) is 12.1 Å². The number of rotatable bonds is 3. The molecule has 5 heteroatoms. The maximum Gasteiger partial charge on any atom is 0.344 e. The standard InChI is InChI=1S/C19H14O5/c1-11(20)9-14-16(10-12-5-4-8-22-12)23-18-13-6-2-3-7-15(13)24-19(21)17(14)18/h2-8,10,14H,9H2,1H3/b16-10-/t14-/m1/s1. The van der Waals surface area contributed by atoms with Crippen molar-refractivity contribution in [1.82, 2.24) is 0 Å². The van der Waals surface area contributed by atoms with E-state index in [1.165, 1.54) is 6.92 Å². The first-order chi connectivity index (χ1) is 11.6. The number of benzene rings is 1. The first kappa shape index (κ1) is 14.5. The number of furan rings is 1. The highest BCUT2D eigenvalue weighted by atomic mass is 16.5. The Balaban J connectivity index is 1.93. The van der Waals surface area contributed by atoms with E-state index in [0.29, 0.717) is 33.8 Å². The third kappa shape index (κ3) is 2.34. The van der Waals surface area contributed by atoms with Gasteiger partial charge in [0.15, 0.2) is 0 Å². The molecular formula is C19H14O5. The lowest BCUT2D eigenvalue weighted by molar-refractivity contribution is -0.117. The summed E-state index contributed by atoms with van der Waals surface area (Å²) in [6.45, 7) is 1.49. The molecule has 0 saturated heterocycles. The second-order valence-electron chi connectivity index (χ2n) is 5.75. The smallest absolute Gasteiger partial charge is 0.344 e. The lowest BCUT2D eigenvalue weighted by Crippen LogP contribution is -2.12. The number of carbonyl (C=O) groups excluding carboxylic acids is 1. The Bertz CT molecular complexity index is 1010. The summed E-state index contributed by atoms with van der Waals surface area (Å²) in [5.41, 5.74) is 0.376. The summed E-state index contributed by atoms with van der Waals surface area (Å²) in [6.07, 6.45) is 3.43. The molecular weight excluding hydrogens is 308 g/mol. The van der Waals surface area contributed by atoms with Crippen molar-refractivity contribution < 1.29 is 18.4 Å². The van der Waals surface area contributed by atoms with E-state index in [1.807, 2.05) is 12.1 Å². The number of allylic oxidation sites excluding steroid dienone is 1. The minimum absolute atomic E-state index is 0.0330. The molecule has 0 bridgehead atoms. The number of hydrogen-bond donors (Lipinski definition) is 0. The van der Waals surface area contributed by atoms with Gasteiger partial charge in [0.05, 0.1) is 23.1 Å². The third-order valence-corrected chi connectivity index (χ3v) is 4.03. The molecule has 1 aromatic carbocycles. The van der Waals surface area contributed by atoms with E-state index in [-0.39, 0.29) is 12.2 Å². The normalized spacial score (nSPS) is 17.9. The second kappa shape index (κ2) is 5.53. The van der Waals surface area contributed by atoms with Gasteiger partial charge in [0.25, 0.3) is 0 Å². The van der Waals surface area contributed by atoms with Crippen molar-refractivity contribution in [2.75, 3.05) is 0 Å². The molecule has 1 aliphatic rings. The van der Waals surface area contributed by atoms with E-state index in [4.69, 9.17) is 13.6 Å². The summed E-state index contributed by atoms with van der Waals surface area (Å²) >= 11 is 0. The van der Waals surface area contributed by atoms with E-state index in [9.17, 15) is 9.59 Å². The molecule has 0 radical (unpaired) electrons. The Labute approximate surface area is 137 Å². The zero-order valence-electron chi connectivity index (χ0n) is 12.9. The lowest BCUT2D eigenvalue weighted by atomic mass is 9.93. The van der Waals surface area contributed by atoms with Gasteiger partial charge in [-0.15, -0.1) is 0 Å². The number of carbonyl (C=O) groups is 1. The zero-order valence-corrected chi connectivity index (χ0v) is 12.9. The molecule has 120 valence electrons. The number of para-hydroxylation sites is 1. The van der Waals surface area contributed by atoms with Crippen LogP contribution in [0.5, 0.6) is 5.75 Å². The highest BCUT2D eigenvalue weighted by Gasteiger charge is 2.36. The summed E-state index contributed by atoms with van der Waals surface area (Å²) in [7, 11) is 0. The van der Waals surface area contributed by atoms with Crippen LogP contribution in [0.2, 0.25) is 0 Å². The fourth-order valence-corrected chi connectivity index (χ4v) is 3.01. The predicted molar refractivity (Wildman–Crippen MR) is 87.8 cm³/mol. The molecule has 0 N–H and O–H groups in total. The SMILES string of the molecule is CC(=O)C[C@@H]1/C(=C/c2ccco2)Oc2c1c(=O)oc1ccccc21. The van der Waals surface area contributed by atoms with Gasteiger partial charge in [-0.25, -0.2) is 4.79 Å². The summed E-state index contributed by atoms with van der Waals surface area (Å²) in [4.78, 5) is 24.1. The molecule has 0 saturated carbocycles. The molecule has 24 heavy (non-hydrogen) atoms. The Hall–Kier alpha value is -3.08. The maximum atomic E-state index is 12.5. The van der Waals surface area contributed by atoms with Crippen LogP contribution < -0.4 is 10.4 Å². The van der Waals surface area contributed by atoms with Crippen LogP contribution in [0.3, 0.4) is 0 Å². The maximum absolute atomic E-state index is 12.5. The van der Waals surface area contributed by atoms with Gasteiger partial charge < -0.3 is 13.6 Å². The Kier molecular flexibility index (Phi) is 3.34. The third-order valence-electron chi connectivity index (χ3n) is 4.03. The molecule has 0 aliphatic carbocycles. The van der Waals surface area contributed by atoms with Crippen molar-refractivity contribution in [3.05, 3.63) is 70.2 Å². The van der Waals surface area contributed by atoms with Gasteiger partial charge in [0, 0.05) is 12.5 Å². The molecule has 0 unspecified atom stereocenters. The van der Waals surface area contributed by atoms with E-state index < -0.39 is 11.5 Å². The van der Waals surface area contributed by atoms with Crippen molar-refractivity contribution in [2.45, 2.75) is 19.3 Å². The molecule has 0 spiro atoms. The highest BCUT2D eigenvalue weighted by Crippen LogP contribution is 2.45. The minimum Gasteiger partial charge on any atom is -0.465 e. The molecule has 4 rings (SSSR count). The van der Waals surface area contributed by atoms with Crippen molar-refractivity contribution in [2.24, 2.45) is 0 Å². The van der Waals surface area contributed by atoms with Gasteiger partial charge in [-0.2, -0.15) is 0 Å². The summed E-state index contributed by atoms with van der Waals surface area (Å²) in [5.74, 6) is 1.07. The topological polar surface area (TPSA) is 69.7 Å². The Morgan fingerprint density at radius 2 is 2.04 bits per heavy atom. The van der Waals surface area contributed by atoms with Crippen molar-refractivity contribution >= 4 is 22.8 Å². The van der Waals surface area contributed by atoms with Crippen LogP contribution in [0.15, 0.2) is 62.0 Å². The Morgan fingerprint density at radius 1 is 1.21 bits per heavy atom. The van der Waals surface area contributed by atoms with Crippen LogP contribution >= 0.6 is 0 Å². The van der Waals surface area contributed by atoms with Crippen LogP contribution in [0, 0.1) is 0 Å². The average Bonchev–Trinajstić information content (AvgIpc) is 3.17. The minimum atomic E-state index is -0.474. The van der Waals surface area contributed by atoms with Gasteiger partial charge >= 0.3 is 5.63 Å². The van der Waals surface area contributed by atoms with E-state index in [1.54, 1.807) is 36.6 Å². The van der Waals surface area contributed by atoms with E-state index in [0.717, 1.165) is 0 Å². The molecule has 3 aromatic rings. The summed E-state index contributed by atoms with van der Waals surface area (Å²) < 4.78 is 16.7. The molecule has 1 atom stereocenters. The number of fused-ring (bicyclic) bond motifs is 3. The number of hydrogen-bond acceptors (Lipinski definition) is 5. The molecule has 1 aliphatic heterocycles. The van der Waals surface area contributed by atoms with Gasteiger partial charge in [-0.05, 0) is 31.2 Å². The van der Waals surface area contributed by atoms with Crippen LogP contribution in [0.1, 0.15) is 30.6 Å².